The van der Waals surface area contributed by atoms with Crippen LogP contribution in [0.15, 0.2) is 22.7 Å². The number of aryl methyl sites for hydroxylation is 1. The van der Waals surface area contributed by atoms with Crippen molar-refractivity contribution in [3.8, 4) is 0 Å². The average Bonchev–Trinajstić information content (AvgIpc) is 2.84. The van der Waals surface area contributed by atoms with Crippen LogP contribution in [-0.2, 0) is 5.54 Å². The number of rotatable bonds is 3. The fourth-order valence-corrected chi connectivity index (χ4v) is 3.10. The van der Waals surface area contributed by atoms with Gasteiger partial charge in [0.1, 0.15) is 0 Å². The molecule has 1 aliphatic rings. The fraction of sp³-hybridized carbons (Fsp3) is 0.455. The van der Waals surface area contributed by atoms with Crippen LogP contribution in [0.25, 0.3) is 0 Å². The van der Waals surface area contributed by atoms with Gasteiger partial charge < -0.3 is 0 Å². The Balaban J connectivity index is 2.32. The van der Waals surface area contributed by atoms with Crippen molar-refractivity contribution >= 4 is 27.9 Å². The summed E-state index contributed by atoms with van der Waals surface area (Å²) in [6.45, 7) is 2.14. The van der Waals surface area contributed by atoms with Crippen molar-refractivity contribution < 1.29 is 0 Å². The van der Waals surface area contributed by atoms with Crippen LogP contribution in [-0.4, -0.2) is 6.26 Å². The lowest BCUT2D eigenvalue weighted by Gasteiger charge is -2.16. The van der Waals surface area contributed by atoms with Crippen LogP contribution in [0.3, 0.4) is 0 Å². The number of nitrogens with one attached hydrogen (secondary N) is 1. The monoisotopic (exact) mass is 271 g/mol. The Hall–Kier alpha value is 0.01000. The smallest absolute Gasteiger partial charge is 0.0533 e. The lowest BCUT2D eigenvalue weighted by molar-refractivity contribution is 0.679. The normalized spacial score (nSPS) is 18.2. The molecule has 0 radical (unpaired) electrons. The van der Waals surface area contributed by atoms with Crippen molar-refractivity contribution in [2.75, 3.05) is 6.26 Å². The van der Waals surface area contributed by atoms with Gasteiger partial charge in [-0.1, -0.05) is 33.9 Å². The molecule has 1 saturated carbocycles. The van der Waals surface area contributed by atoms with E-state index in [0.29, 0.717) is 0 Å². The van der Waals surface area contributed by atoms with Crippen LogP contribution in [0.2, 0.25) is 0 Å². The quantitative estimate of drug-likeness (QED) is 0.843. The summed E-state index contributed by atoms with van der Waals surface area (Å²) in [6, 6.07) is 6.66. The molecule has 1 N–H and O–H groups in total. The molecular weight excluding hydrogens is 258 g/mol. The largest absolute Gasteiger partial charge is 0.254 e. The molecule has 14 heavy (non-hydrogen) atoms. The summed E-state index contributed by atoms with van der Waals surface area (Å²) >= 11 is 5.26. The molecule has 0 aliphatic heterocycles. The minimum absolute atomic E-state index is 0.258. The highest BCUT2D eigenvalue weighted by Crippen LogP contribution is 2.47. The highest BCUT2D eigenvalue weighted by atomic mass is 79.9. The minimum Gasteiger partial charge on any atom is -0.254 e. The first-order valence-electron chi connectivity index (χ1n) is 4.74. The maximum absolute atomic E-state index is 3.55. The Morgan fingerprint density at radius 3 is 2.57 bits per heavy atom. The molecule has 0 spiro atoms. The van der Waals surface area contributed by atoms with E-state index >= 15 is 0 Å². The van der Waals surface area contributed by atoms with E-state index in [1.54, 1.807) is 11.9 Å². The number of benzene rings is 1. The number of halogens is 1. The third kappa shape index (κ3) is 2.00. The van der Waals surface area contributed by atoms with Crippen molar-refractivity contribution in [3.63, 3.8) is 0 Å². The molecule has 76 valence electrons. The van der Waals surface area contributed by atoms with E-state index in [1.807, 2.05) is 0 Å². The van der Waals surface area contributed by atoms with Crippen LogP contribution < -0.4 is 4.72 Å². The van der Waals surface area contributed by atoms with Crippen molar-refractivity contribution in [1.82, 2.24) is 4.72 Å². The third-order valence-electron chi connectivity index (χ3n) is 2.64. The van der Waals surface area contributed by atoms with E-state index in [2.05, 4.69) is 52.0 Å². The number of hydrogen-bond donors (Lipinski definition) is 1. The van der Waals surface area contributed by atoms with Crippen LogP contribution in [0.5, 0.6) is 0 Å². The van der Waals surface area contributed by atoms with Gasteiger partial charge in [0.15, 0.2) is 0 Å². The summed E-state index contributed by atoms with van der Waals surface area (Å²) < 4.78 is 4.68. The van der Waals surface area contributed by atoms with Gasteiger partial charge in [-0.25, -0.2) is 0 Å². The predicted octanol–water partition coefficient (Wildman–Crippen LogP) is 3.61. The summed E-state index contributed by atoms with van der Waals surface area (Å²) in [5.74, 6) is 0. The van der Waals surface area contributed by atoms with E-state index in [4.69, 9.17) is 0 Å². The molecule has 2 rings (SSSR count). The second-order valence-electron chi connectivity index (χ2n) is 3.91. The zero-order valence-electron chi connectivity index (χ0n) is 8.43. The van der Waals surface area contributed by atoms with E-state index < -0.39 is 0 Å². The lowest BCUT2D eigenvalue weighted by atomic mass is 10.0. The molecule has 0 heterocycles. The molecule has 0 amide bonds. The standard InChI is InChI=1S/C11H14BrNS/c1-8-5-9(7-10(12)6-8)11(3-4-11)13-14-2/h5-7,13H,3-4H2,1-2H3. The van der Waals surface area contributed by atoms with Crippen LogP contribution in [0.1, 0.15) is 24.0 Å². The Kier molecular flexibility index (Phi) is 2.91. The molecule has 1 nitrogen and oxygen atoms in total. The lowest BCUT2D eigenvalue weighted by Crippen LogP contribution is -2.22. The zero-order chi connectivity index (χ0) is 10.2. The zero-order valence-corrected chi connectivity index (χ0v) is 10.8. The molecule has 0 bridgehead atoms. The van der Waals surface area contributed by atoms with E-state index in [1.165, 1.54) is 28.4 Å². The number of hydrogen-bond acceptors (Lipinski definition) is 2. The maximum Gasteiger partial charge on any atom is 0.0533 e. The highest BCUT2D eigenvalue weighted by molar-refractivity contribution is 9.10. The van der Waals surface area contributed by atoms with Gasteiger partial charge in [-0.3, -0.25) is 4.72 Å². The molecular formula is C11H14BrNS. The Morgan fingerprint density at radius 1 is 1.36 bits per heavy atom. The molecule has 1 aromatic rings. The fourth-order valence-electron chi connectivity index (χ4n) is 1.78. The summed E-state index contributed by atoms with van der Waals surface area (Å²) in [7, 11) is 0. The van der Waals surface area contributed by atoms with Gasteiger partial charge in [0.25, 0.3) is 0 Å². The van der Waals surface area contributed by atoms with Gasteiger partial charge in [0.2, 0.25) is 0 Å². The van der Waals surface area contributed by atoms with Crippen molar-refractivity contribution in [1.29, 1.82) is 0 Å². The second-order valence-corrected chi connectivity index (χ2v) is 5.43. The Bertz CT molecular complexity index is 327. The van der Waals surface area contributed by atoms with Gasteiger partial charge in [0.05, 0.1) is 5.54 Å². The third-order valence-corrected chi connectivity index (χ3v) is 3.69. The molecule has 0 aromatic heterocycles. The molecule has 1 aromatic carbocycles. The molecule has 0 saturated heterocycles. The van der Waals surface area contributed by atoms with Gasteiger partial charge in [-0.2, -0.15) is 0 Å². The summed E-state index contributed by atoms with van der Waals surface area (Å²) in [5.41, 5.74) is 3.00. The highest BCUT2D eigenvalue weighted by Gasteiger charge is 2.44. The molecule has 1 fully saturated rings. The van der Waals surface area contributed by atoms with Gasteiger partial charge in [0, 0.05) is 4.47 Å². The van der Waals surface area contributed by atoms with Gasteiger partial charge in [-0.05, 0) is 49.3 Å². The summed E-state index contributed by atoms with van der Waals surface area (Å²) in [6.07, 6.45) is 4.60. The average molecular weight is 272 g/mol. The molecule has 1 aliphatic carbocycles. The van der Waals surface area contributed by atoms with Gasteiger partial charge >= 0.3 is 0 Å². The van der Waals surface area contributed by atoms with Crippen LogP contribution in [0, 0.1) is 6.92 Å². The van der Waals surface area contributed by atoms with Crippen molar-refractivity contribution in [2.45, 2.75) is 25.3 Å². The molecule has 3 heteroatoms. The predicted molar refractivity (Wildman–Crippen MR) is 66.4 cm³/mol. The van der Waals surface area contributed by atoms with Crippen molar-refractivity contribution in [2.24, 2.45) is 0 Å². The first-order valence-corrected chi connectivity index (χ1v) is 6.76. The summed E-state index contributed by atoms with van der Waals surface area (Å²) in [5, 5.41) is 0. The maximum atomic E-state index is 3.55. The summed E-state index contributed by atoms with van der Waals surface area (Å²) in [4.78, 5) is 0. The SMILES string of the molecule is CSNC1(c2cc(C)cc(Br)c2)CC1. The first-order chi connectivity index (χ1) is 6.66. The Morgan fingerprint density at radius 2 is 2.07 bits per heavy atom. The molecule has 0 unspecified atom stereocenters. The van der Waals surface area contributed by atoms with E-state index in [-0.39, 0.29) is 5.54 Å². The van der Waals surface area contributed by atoms with Crippen LogP contribution >= 0.6 is 27.9 Å². The topological polar surface area (TPSA) is 12.0 Å². The van der Waals surface area contributed by atoms with E-state index in [9.17, 15) is 0 Å². The van der Waals surface area contributed by atoms with Gasteiger partial charge in [-0.15, -0.1) is 0 Å². The first kappa shape index (κ1) is 10.5. The molecule has 0 atom stereocenters. The Labute approximate surface area is 97.9 Å². The minimum atomic E-state index is 0.258. The van der Waals surface area contributed by atoms with E-state index in [0.717, 1.165) is 0 Å². The van der Waals surface area contributed by atoms with Crippen molar-refractivity contribution in [3.05, 3.63) is 33.8 Å². The second kappa shape index (κ2) is 3.87. The van der Waals surface area contributed by atoms with Crippen LogP contribution in [0.4, 0.5) is 0 Å².